The number of imide groups is 1. The fourth-order valence-corrected chi connectivity index (χ4v) is 2.88. The van der Waals surface area contributed by atoms with Crippen LogP contribution < -0.4 is 10.6 Å². The quantitative estimate of drug-likeness (QED) is 0.672. The van der Waals surface area contributed by atoms with Gasteiger partial charge in [0.1, 0.15) is 0 Å². The molecule has 6 heteroatoms. The summed E-state index contributed by atoms with van der Waals surface area (Å²) in [6.07, 6.45) is 7.03. The maximum atomic E-state index is 11.8. The van der Waals surface area contributed by atoms with Crippen LogP contribution in [0.4, 0.5) is 4.79 Å². The van der Waals surface area contributed by atoms with Gasteiger partial charge in [0.05, 0.1) is 0 Å². The molecule has 0 aliphatic heterocycles. The molecule has 1 saturated carbocycles. The lowest BCUT2D eigenvalue weighted by molar-refractivity contribution is -0.137. The van der Waals surface area contributed by atoms with Crippen molar-refractivity contribution in [3.05, 3.63) is 0 Å². The van der Waals surface area contributed by atoms with E-state index >= 15 is 0 Å². The number of aliphatic carboxylic acids is 1. The van der Waals surface area contributed by atoms with Gasteiger partial charge in [-0.25, -0.2) is 4.79 Å². The molecule has 1 unspecified atom stereocenters. The molecule has 21 heavy (non-hydrogen) atoms. The van der Waals surface area contributed by atoms with Gasteiger partial charge in [-0.1, -0.05) is 26.2 Å². The van der Waals surface area contributed by atoms with Crippen LogP contribution in [0.15, 0.2) is 0 Å². The molecular weight excluding hydrogens is 272 g/mol. The molecule has 1 aliphatic carbocycles. The van der Waals surface area contributed by atoms with E-state index in [2.05, 4.69) is 10.6 Å². The Hall–Kier alpha value is -1.59. The number of rotatable bonds is 7. The maximum absolute atomic E-state index is 11.8. The lowest BCUT2D eigenvalue weighted by atomic mass is 9.83. The topological polar surface area (TPSA) is 95.5 Å². The van der Waals surface area contributed by atoms with Crippen molar-refractivity contribution in [1.82, 2.24) is 10.6 Å². The highest BCUT2D eigenvalue weighted by Crippen LogP contribution is 2.27. The third-order valence-corrected chi connectivity index (χ3v) is 4.02. The Kier molecular flexibility index (Phi) is 7.79. The third kappa shape index (κ3) is 7.11. The van der Waals surface area contributed by atoms with Gasteiger partial charge < -0.3 is 10.4 Å². The van der Waals surface area contributed by atoms with Gasteiger partial charge in [-0.2, -0.15) is 0 Å². The predicted molar refractivity (Wildman–Crippen MR) is 78.8 cm³/mol. The van der Waals surface area contributed by atoms with Crippen LogP contribution in [0.2, 0.25) is 0 Å². The molecule has 1 rings (SSSR count). The highest BCUT2D eigenvalue weighted by molar-refractivity contribution is 5.94. The van der Waals surface area contributed by atoms with E-state index in [-0.39, 0.29) is 25.3 Å². The van der Waals surface area contributed by atoms with Gasteiger partial charge in [0, 0.05) is 18.9 Å². The number of hydrogen-bond acceptors (Lipinski definition) is 3. The van der Waals surface area contributed by atoms with Crippen LogP contribution in [0.25, 0.3) is 0 Å². The summed E-state index contributed by atoms with van der Waals surface area (Å²) in [5.41, 5.74) is 0. The summed E-state index contributed by atoms with van der Waals surface area (Å²) in [4.78, 5) is 33.7. The molecule has 0 aromatic heterocycles. The van der Waals surface area contributed by atoms with Crippen molar-refractivity contribution in [2.45, 2.75) is 70.8 Å². The number of carboxylic acids is 1. The molecule has 1 aliphatic rings. The average molecular weight is 298 g/mol. The fourth-order valence-electron chi connectivity index (χ4n) is 2.88. The molecule has 3 N–H and O–H groups in total. The minimum absolute atomic E-state index is 0.0555. The van der Waals surface area contributed by atoms with Gasteiger partial charge >= 0.3 is 12.0 Å². The van der Waals surface area contributed by atoms with Crippen LogP contribution in [0.3, 0.4) is 0 Å². The molecule has 0 heterocycles. The molecule has 1 atom stereocenters. The zero-order valence-electron chi connectivity index (χ0n) is 12.7. The number of hydrogen-bond donors (Lipinski definition) is 3. The summed E-state index contributed by atoms with van der Waals surface area (Å²) in [7, 11) is 0. The van der Waals surface area contributed by atoms with Gasteiger partial charge in [0.25, 0.3) is 0 Å². The first kappa shape index (κ1) is 17.5. The third-order valence-electron chi connectivity index (χ3n) is 4.02. The number of carbonyl (C=O) groups excluding carboxylic acids is 2. The molecule has 120 valence electrons. The highest BCUT2D eigenvalue weighted by Gasteiger charge is 2.24. The Morgan fingerprint density at radius 2 is 1.81 bits per heavy atom. The summed E-state index contributed by atoms with van der Waals surface area (Å²) in [6, 6.07) is -0.357. The van der Waals surface area contributed by atoms with Crippen molar-refractivity contribution in [3.63, 3.8) is 0 Å². The van der Waals surface area contributed by atoms with E-state index < -0.39 is 17.9 Å². The summed E-state index contributed by atoms with van der Waals surface area (Å²) < 4.78 is 0. The smallest absolute Gasteiger partial charge is 0.321 e. The van der Waals surface area contributed by atoms with E-state index in [0.29, 0.717) is 5.92 Å². The van der Waals surface area contributed by atoms with E-state index in [1.54, 1.807) is 0 Å². The number of nitrogens with one attached hydrogen (secondary N) is 2. The van der Waals surface area contributed by atoms with E-state index in [1.165, 1.54) is 19.3 Å². The fraction of sp³-hybridized carbons (Fsp3) is 0.800. The SMILES string of the molecule is CCC(NC(=O)NC(=O)CCCC(=O)O)C1CCCCC1. The number of carboxylic acid groups (broad SMARTS) is 1. The second kappa shape index (κ2) is 9.37. The number of amides is 3. The Labute approximate surface area is 125 Å². The van der Waals surface area contributed by atoms with Crippen molar-refractivity contribution in [2.24, 2.45) is 5.92 Å². The van der Waals surface area contributed by atoms with Gasteiger partial charge in [0.2, 0.25) is 5.91 Å². The molecule has 0 aromatic rings. The van der Waals surface area contributed by atoms with Crippen molar-refractivity contribution in [2.75, 3.05) is 0 Å². The van der Waals surface area contributed by atoms with Gasteiger partial charge in [-0.3, -0.25) is 14.9 Å². The Morgan fingerprint density at radius 3 is 2.38 bits per heavy atom. The molecule has 1 fully saturated rings. The molecule has 3 amide bonds. The van der Waals surface area contributed by atoms with Crippen LogP contribution >= 0.6 is 0 Å². The van der Waals surface area contributed by atoms with Crippen LogP contribution in [-0.2, 0) is 9.59 Å². The van der Waals surface area contributed by atoms with Crippen molar-refractivity contribution in [3.8, 4) is 0 Å². The molecule has 0 radical (unpaired) electrons. The molecule has 6 nitrogen and oxygen atoms in total. The number of urea groups is 1. The first-order valence-electron chi connectivity index (χ1n) is 7.85. The lowest BCUT2D eigenvalue weighted by Crippen LogP contribution is -2.47. The molecular formula is C15H26N2O4. The average Bonchev–Trinajstić information content (AvgIpc) is 2.45. The minimum atomic E-state index is -0.935. The van der Waals surface area contributed by atoms with E-state index in [1.807, 2.05) is 6.92 Å². The largest absolute Gasteiger partial charge is 0.481 e. The van der Waals surface area contributed by atoms with Crippen LogP contribution in [0.1, 0.15) is 64.7 Å². The Balaban J connectivity index is 2.29. The second-order valence-electron chi connectivity index (χ2n) is 5.68. The van der Waals surface area contributed by atoms with Gasteiger partial charge in [-0.05, 0) is 31.6 Å². The molecule has 0 saturated heterocycles. The Bertz CT molecular complexity index is 365. The zero-order chi connectivity index (χ0) is 15.7. The second-order valence-corrected chi connectivity index (χ2v) is 5.68. The van der Waals surface area contributed by atoms with Crippen molar-refractivity contribution in [1.29, 1.82) is 0 Å². The Morgan fingerprint density at radius 1 is 1.14 bits per heavy atom. The normalized spacial score (nSPS) is 17.0. The van der Waals surface area contributed by atoms with E-state index in [4.69, 9.17) is 5.11 Å². The van der Waals surface area contributed by atoms with Gasteiger partial charge in [-0.15, -0.1) is 0 Å². The van der Waals surface area contributed by atoms with Crippen LogP contribution in [0.5, 0.6) is 0 Å². The summed E-state index contributed by atoms with van der Waals surface area (Å²) >= 11 is 0. The summed E-state index contributed by atoms with van der Waals surface area (Å²) in [6.45, 7) is 2.04. The zero-order valence-corrected chi connectivity index (χ0v) is 12.7. The standard InChI is InChI=1S/C15H26N2O4/c1-2-12(11-7-4-3-5-8-11)16-15(21)17-13(18)9-6-10-14(19)20/h11-12H,2-10H2,1H3,(H,19,20)(H2,16,17,18,21). The van der Waals surface area contributed by atoms with Crippen molar-refractivity contribution < 1.29 is 19.5 Å². The first-order chi connectivity index (χ1) is 10.0. The first-order valence-corrected chi connectivity index (χ1v) is 7.85. The van der Waals surface area contributed by atoms with Gasteiger partial charge in [0.15, 0.2) is 0 Å². The van der Waals surface area contributed by atoms with Crippen LogP contribution in [-0.4, -0.2) is 29.1 Å². The van der Waals surface area contributed by atoms with E-state index in [0.717, 1.165) is 19.3 Å². The predicted octanol–water partition coefficient (Wildman–Crippen LogP) is 2.43. The van der Waals surface area contributed by atoms with Crippen LogP contribution in [0, 0.1) is 5.92 Å². The summed E-state index contributed by atoms with van der Waals surface area (Å²) in [5.74, 6) is -0.862. The number of carbonyl (C=O) groups is 3. The summed E-state index contributed by atoms with van der Waals surface area (Å²) in [5, 5.41) is 13.6. The minimum Gasteiger partial charge on any atom is -0.481 e. The van der Waals surface area contributed by atoms with E-state index in [9.17, 15) is 14.4 Å². The molecule has 0 aromatic carbocycles. The highest BCUT2D eigenvalue weighted by atomic mass is 16.4. The monoisotopic (exact) mass is 298 g/mol. The molecule has 0 bridgehead atoms. The maximum Gasteiger partial charge on any atom is 0.321 e. The molecule has 0 spiro atoms. The van der Waals surface area contributed by atoms with Crippen molar-refractivity contribution >= 4 is 17.9 Å². The lowest BCUT2D eigenvalue weighted by Gasteiger charge is -2.30.